The van der Waals surface area contributed by atoms with Crippen molar-refractivity contribution in [2.75, 3.05) is 37.7 Å². The van der Waals surface area contributed by atoms with Gasteiger partial charge in [-0.3, -0.25) is 4.90 Å². The number of rotatable bonds is 7. The van der Waals surface area contributed by atoms with Crippen LogP contribution in [-0.4, -0.2) is 42.9 Å². The van der Waals surface area contributed by atoms with Crippen LogP contribution in [0, 0.1) is 6.57 Å². The van der Waals surface area contributed by atoms with E-state index in [0.29, 0.717) is 16.5 Å². The molecule has 5 nitrogen and oxygen atoms in total. The Kier molecular flexibility index (Phi) is 7.51. The van der Waals surface area contributed by atoms with Crippen LogP contribution >= 0.6 is 11.6 Å². The monoisotopic (exact) mass is 461 g/mol. The third kappa shape index (κ3) is 5.31. The molecular weight excluding hydrogens is 434 g/mol. The van der Waals surface area contributed by atoms with E-state index >= 15 is 0 Å². The van der Waals surface area contributed by atoms with Crippen LogP contribution < -0.4 is 9.64 Å². The summed E-state index contributed by atoms with van der Waals surface area (Å²) in [5.74, 6) is 0.657. The predicted octanol–water partition coefficient (Wildman–Crippen LogP) is 5.89. The van der Waals surface area contributed by atoms with E-state index < -0.39 is 0 Å². The van der Waals surface area contributed by atoms with Crippen molar-refractivity contribution in [1.29, 1.82) is 0 Å². The topological polar surface area (TPSA) is 40.3 Å². The van der Waals surface area contributed by atoms with Crippen LogP contribution in [0.3, 0.4) is 0 Å². The smallest absolute Gasteiger partial charge is 0.187 e. The molecule has 0 aliphatic carbocycles. The summed E-state index contributed by atoms with van der Waals surface area (Å²) in [4.78, 5) is 8.37. The zero-order valence-corrected chi connectivity index (χ0v) is 19.4. The van der Waals surface area contributed by atoms with Gasteiger partial charge in [-0.2, -0.15) is 0 Å². The maximum Gasteiger partial charge on any atom is 0.187 e. The molecule has 3 aromatic rings. The highest BCUT2D eigenvalue weighted by molar-refractivity contribution is 6.33. The Morgan fingerprint density at radius 2 is 1.85 bits per heavy atom. The zero-order chi connectivity index (χ0) is 23.2. The van der Waals surface area contributed by atoms with Crippen molar-refractivity contribution in [3.8, 4) is 5.75 Å². The van der Waals surface area contributed by atoms with Gasteiger partial charge in [-0.15, -0.1) is 0 Å². The second kappa shape index (κ2) is 10.7. The van der Waals surface area contributed by atoms with Gasteiger partial charge in [0.05, 0.1) is 29.9 Å². The maximum atomic E-state index is 9.01. The first-order valence-corrected chi connectivity index (χ1v) is 11.5. The van der Waals surface area contributed by atoms with E-state index in [1.54, 1.807) is 0 Å². The normalized spacial score (nSPS) is 17.4. The molecule has 0 radical (unpaired) electrons. The Labute approximate surface area is 200 Å². The second-order valence-corrected chi connectivity index (χ2v) is 8.59. The molecule has 33 heavy (non-hydrogen) atoms. The first-order chi connectivity index (χ1) is 16.1. The molecular formula is C27H28ClN3O2. The number of ether oxygens (including phenoxy) is 1. The quantitative estimate of drug-likeness (QED) is 0.445. The van der Waals surface area contributed by atoms with E-state index in [9.17, 15) is 0 Å². The van der Waals surface area contributed by atoms with Crippen LogP contribution in [0.5, 0.6) is 5.75 Å². The minimum absolute atomic E-state index is 0.0315. The fourth-order valence-electron chi connectivity index (χ4n) is 4.42. The minimum atomic E-state index is -0.0315. The standard InChI is InChI=1S/C27H28ClN3O2/c1-20(21-8-10-23(29-2)11-9-21)30-14-15-31(27(19-30)22-6-4-3-5-7-22)26-13-12-24(18-25(26)28)33-17-16-32/h3-13,18,20,27,32H,14-17,19H2,1H3/t20-,27+/m1/s1. The van der Waals surface area contributed by atoms with Crippen molar-refractivity contribution in [2.24, 2.45) is 0 Å². The van der Waals surface area contributed by atoms with Gasteiger partial charge in [0.15, 0.2) is 5.69 Å². The average Bonchev–Trinajstić information content (AvgIpc) is 2.87. The summed E-state index contributed by atoms with van der Waals surface area (Å²) >= 11 is 6.70. The molecule has 0 unspecified atom stereocenters. The van der Waals surface area contributed by atoms with Gasteiger partial charge in [-0.05, 0) is 30.2 Å². The number of hydrogen-bond acceptors (Lipinski definition) is 4. The molecule has 0 spiro atoms. The Bertz CT molecular complexity index is 1100. The lowest BCUT2D eigenvalue weighted by Crippen LogP contribution is -2.49. The van der Waals surface area contributed by atoms with E-state index in [1.807, 2.05) is 36.4 Å². The number of benzene rings is 3. The van der Waals surface area contributed by atoms with Crippen molar-refractivity contribution in [2.45, 2.75) is 19.0 Å². The van der Waals surface area contributed by atoms with Gasteiger partial charge in [0, 0.05) is 31.7 Å². The van der Waals surface area contributed by atoms with Gasteiger partial charge in [-0.1, -0.05) is 66.2 Å². The predicted molar refractivity (Wildman–Crippen MR) is 133 cm³/mol. The summed E-state index contributed by atoms with van der Waals surface area (Å²) in [6.07, 6.45) is 0. The lowest BCUT2D eigenvalue weighted by Gasteiger charge is -2.45. The minimum Gasteiger partial charge on any atom is -0.491 e. The molecule has 1 aliphatic rings. The zero-order valence-electron chi connectivity index (χ0n) is 18.7. The average molecular weight is 462 g/mol. The molecule has 170 valence electrons. The summed E-state index contributed by atoms with van der Waals surface area (Å²) in [6.45, 7) is 12.2. The van der Waals surface area contributed by atoms with Crippen LogP contribution in [0.25, 0.3) is 4.85 Å². The van der Waals surface area contributed by atoms with Crippen LogP contribution in [-0.2, 0) is 0 Å². The fourth-order valence-corrected chi connectivity index (χ4v) is 4.70. The Balaban J connectivity index is 1.60. The van der Waals surface area contributed by atoms with Gasteiger partial charge in [0.25, 0.3) is 0 Å². The molecule has 1 aliphatic heterocycles. The van der Waals surface area contributed by atoms with Gasteiger partial charge in [0.2, 0.25) is 0 Å². The first-order valence-electron chi connectivity index (χ1n) is 11.2. The van der Waals surface area contributed by atoms with E-state index in [-0.39, 0.29) is 25.3 Å². The van der Waals surface area contributed by atoms with E-state index in [1.165, 1.54) is 11.1 Å². The second-order valence-electron chi connectivity index (χ2n) is 8.18. The highest BCUT2D eigenvalue weighted by Crippen LogP contribution is 2.38. The third-order valence-electron chi connectivity index (χ3n) is 6.24. The molecule has 4 rings (SSSR count). The summed E-state index contributed by atoms with van der Waals surface area (Å²) in [7, 11) is 0. The highest BCUT2D eigenvalue weighted by atomic mass is 35.5. The number of hydrogen-bond donors (Lipinski definition) is 1. The van der Waals surface area contributed by atoms with Crippen molar-refractivity contribution < 1.29 is 9.84 Å². The van der Waals surface area contributed by atoms with Crippen molar-refractivity contribution in [3.05, 3.63) is 100 Å². The largest absolute Gasteiger partial charge is 0.491 e. The van der Waals surface area contributed by atoms with Crippen LogP contribution in [0.15, 0.2) is 72.8 Å². The lowest BCUT2D eigenvalue weighted by molar-refractivity contribution is 0.171. The first kappa shape index (κ1) is 23.1. The van der Waals surface area contributed by atoms with E-state index in [2.05, 4.69) is 58.0 Å². The maximum absolute atomic E-state index is 9.01. The van der Waals surface area contributed by atoms with Crippen molar-refractivity contribution in [1.82, 2.24) is 4.90 Å². The number of aliphatic hydroxyl groups excluding tert-OH is 1. The van der Waals surface area contributed by atoms with Crippen LogP contribution in [0.4, 0.5) is 11.4 Å². The lowest BCUT2D eigenvalue weighted by atomic mass is 9.98. The Hall–Kier alpha value is -3.04. The SMILES string of the molecule is [C-]#[N+]c1ccc([C@@H](C)N2CCN(c3ccc(OCCO)cc3Cl)[C@H](c3ccccc3)C2)cc1. The number of aliphatic hydroxyl groups is 1. The number of piperazine rings is 1. The van der Waals surface area contributed by atoms with Crippen LogP contribution in [0.1, 0.15) is 30.1 Å². The molecule has 2 atom stereocenters. The third-order valence-corrected chi connectivity index (χ3v) is 6.54. The fraction of sp³-hybridized carbons (Fsp3) is 0.296. The Morgan fingerprint density at radius 1 is 1.09 bits per heavy atom. The molecule has 3 aromatic carbocycles. The molecule has 1 heterocycles. The van der Waals surface area contributed by atoms with Gasteiger partial charge in [0.1, 0.15) is 12.4 Å². The number of halogens is 1. The van der Waals surface area contributed by atoms with E-state index in [0.717, 1.165) is 25.3 Å². The number of anilines is 1. The van der Waals surface area contributed by atoms with Gasteiger partial charge in [-0.25, -0.2) is 4.85 Å². The summed E-state index contributed by atoms with van der Waals surface area (Å²) < 4.78 is 5.52. The summed E-state index contributed by atoms with van der Waals surface area (Å²) in [6, 6.07) is 24.6. The van der Waals surface area contributed by atoms with Crippen LogP contribution in [0.2, 0.25) is 5.02 Å². The molecule has 0 aromatic heterocycles. The molecule has 1 fully saturated rings. The van der Waals surface area contributed by atoms with Gasteiger partial charge >= 0.3 is 0 Å². The van der Waals surface area contributed by atoms with Gasteiger partial charge < -0.3 is 14.7 Å². The van der Waals surface area contributed by atoms with Crippen molar-refractivity contribution in [3.63, 3.8) is 0 Å². The molecule has 0 saturated carbocycles. The molecule has 0 bridgehead atoms. The van der Waals surface area contributed by atoms with E-state index in [4.69, 9.17) is 28.0 Å². The summed E-state index contributed by atoms with van der Waals surface area (Å²) in [5, 5.41) is 9.65. The molecule has 6 heteroatoms. The van der Waals surface area contributed by atoms with Crippen molar-refractivity contribution >= 4 is 23.0 Å². The molecule has 1 saturated heterocycles. The Morgan fingerprint density at radius 3 is 2.52 bits per heavy atom. The molecule has 1 N–H and O–H groups in total. The summed E-state index contributed by atoms with van der Waals surface area (Å²) in [5.41, 5.74) is 4.11. The highest BCUT2D eigenvalue weighted by Gasteiger charge is 2.32. The number of nitrogens with zero attached hydrogens (tertiary/aromatic N) is 3. The molecule has 0 amide bonds.